The van der Waals surface area contributed by atoms with Crippen molar-refractivity contribution in [1.29, 1.82) is 0 Å². The monoisotopic (exact) mass is 289 g/mol. The summed E-state index contributed by atoms with van der Waals surface area (Å²) >= 11 is 0. The van der Waals surface area contributed by atoms with Crippen molar-refractivity contribution in [2.75, 3.05) is 20.3 Å². The second-order valence-corrected chi connectivity index (χ2v) is 5.34. The Labute approximate surface area is 125 Å². The molecule has 0 heterocycles. The first kappa shape index (κ1) is 15.6. The van der Waals surface area contributed by atoms with Crippen molar-refractivity contribution in [3.63, 3.8) is 0 Å². The van der Waals surface area contributed by atoms with Gasteiger partial charge in [-0.2, -0.15) is 0 Å². The Morgan fingerprint density at radius 3 is 2.29 bits per heavy atom. The minimum atomic E-state index is -0.534. The largest absolute Gasteiger partial charge is 0.496 e. The highest BCUT2D eigenvalue weighted by atomic mass is 16.5. The molecule has 0 aliphatic carbocycles. The van der Waals surface area contributed by atoms with Gasteiger partial charge in [0.2, 0.25) is 0 Å². The normalized spacial score (nSPS) is 12.6. The lowest BCUT2D eigenvalue weighted by Gasteiger charge is -2.16. The van der Waals surface area contributed by atoms with Gasteiger partial charge in [-0.25, -0.2) is 0 Å². The van der Waals surface area contributed by atoms with Crippen molar-refractivity contribution >= 4 is 10.8 Å². The molecule has 2 rings (SSSR count). The maximum atomic E-state index is 9.92. The molecule has 0 saturated carbocycles. The number of rotatable bonds is 7. The summed E-state index contributed by atoms with van der Waals surface area (Å²) in [6, 6.07) is 12.0. The zero-order valence-electron chi connectivity index (χ0n) is 12.8. The van der Waals surface area contributed by atoms with Gasteiger partial charge >= 0.3 is 0 Å². The number of methoxy groups -OCH3 is 1. The van der Waals surface area contributed by atoms with E-state index in [2.05, 4.69) is 5.32 Å². The Morgan fingerprint density at radius 1 is 1.05 bits per heavy atom. The molecular weight excluding hydrogens is 266 g/mol. The maximum Gasteiger partial charge on any atom is 0.127 e. The van der Waals surface area contributed by atoms with Crippen LogP contribution in [0.25, 0.3) is 10.8 Å². The van der Waals surface area contributed by atoms with Crippen LogP contribution in [0.3, 0.4) is 0 Å². The molecule has 4 heteroatoms. The lowest BCUT2D eigenvalue weighted by molar-refractivity contribution is 0.105. The number of ether oxygens (including phenoxy) is 2. The summed E-state index contributed by atoms with van der Waals surface area (Å²) in [6.07, 6.45) is -0.534. The number of nitrogens with one attached hydrogen (secondary N) is 1. The molecule has 1 unspecified atom stereocenters. The van der Waals surface area contributed by atoms with Gasteiger partial charge in [-0.15, -0.1) is 0 Å². The van der Waals surface area contributed by atoms with Crippen LogP contribution < -0.4 is 14.8 Å². The smallest absolute Gasteiger partial charge is 0.127 e. The van der Waals surface area contributed by atoms with E-state index in [9.17, 15) is 5.11 Å². The first-order chi connectivity index (χ1) is 10.1. The molecule has 0 amide bonds. The van der Waals surface area contributed by atoms with Gasteiger partial charge < -0.3 is 19.9 Å². The van der Waals surface area contributed by atoms with Crippen LogP contribution in [0.4, 0.5) is 0 Å². The second-order valence-electron chi connectivity index (χ2n) is 5.34. The lowest BCUT2D eigenvalue weighted by atomic mass is 10.1. The van der Waals surface area contributed by atoms with Gasteiger partial charge in [0.1, 0.15) is 24.2 Å². The molecule has 21 heavy (non-hydrogen) atoms. The lowest BCUT2D eigenvalue weighted by Crippen LogP contribution is -2.35. The topological polar surface area (TPSA) is 50.7 Å². The van der Waals surface area contributed by atoms with Crippen LogP contribution in [0, 0.1) is 0 Å². The van der Waals surface area contributed by atoms with Crippen molar-refractivity contribution in [2.45, 2.75) is 26.0 Å². The van der Waals surface area contributed by atoms with Crippen molar-refractivity contribution in [1.82, 2.24) is 5.32 Å². The summed E-state index contributed by atoms with van der Waals surface area (Å²) in [5.74, 6) is 1.58. The molecule has 1 atom stereocenters. The number of hydrogen-bond donors (Lipinski definition) is 2. The molecule has 0 aliphatic rings. The SMILES string of the molecule is COc1cccc2c(OCC(O)CNC(C)C)cccc12. The summed E-state index contributed by atoms with van der Waals surface area (Å²) in [5.41, 5.74) is 0. The summed E-state index contributed by atoms with van der Waals surface area (Å²) in [4.78, 5) is 0. The summed E-state index contributed by atoms with van der Waals surface area (Å²) in [6.45, 7) is 4.87. The zero-order valence-corrected chi connectivity index (χ0v) is 12.8. The predicted molar refractivity (Wildman–Crippen MR) is 85.1 cm³/mol. The quantitative estimate of drug-likeness (QED) is 0.822. The standard InChI is InChI=1S/C17H23NO3/c1-12(2)18-10-13(19)11-21-17-9-5-6-14-15(17)7-4-8-16(14)20-3/h4-9,12-13,18-19H,10-11H2,1-3H3. The highest BCUT2D eigenvalue weighted by Crippen LogP contribution is 2.31. The Hall–Kier alpha value is -1.78. The summed E-state index contributed by atoms with van der Waals surface area (Å²) in [5, 5.41) is 15.1. The Kier molecular flexibility index (Phi) is 5.42. The third-order valence-electron chi connectivity index (χ3n) is 3.25. The summed E-state index contributed by atoms with van der Waals surface area (Å²) < 4.78 is 11.1. The molecule has 0 saturated heterocycles. The number of fused-ring (bicyclic) bond motifs is 1. The molecule has 0 aromatic heterocycles. The van der Waals surface area contributed by atoms with Gasteiger partial charge in [0.25, 0.3) is 0 Å². The minimum absolute atomic E-state index is 0.260. The maximum absolute atomic E-state index is 9.92. The van der Waals surface area contributed by atoms with E-state index in [1.165, 1.54) is 0 Å². The highest BCUT2D eigenvalue weighted by Gasteiger charge is 2.09. The molecule has 0 fully saturated rings. The van der Waals surface area contributed by atoms with Gasteiger partial charge in [0.05, 0.1) is 7.11 Å². The predicted octanol–water partition coefficient (Wildman–Crippen LogP) is 2.59. The fraction of sp³-hybridized carbons (Fsp3) is 0.412. The number of benzene rings is 2. The van der Waals surface area contributed by atoms with Crippen LogP contribution in [0.15, 0.2) is 36.4 Å². The van der Waals surface area contributed by atoms with Crippen LogP contribution in [-0.2, 0) is 0 Å². The van der Waals surface area contributed by atoms with Crippen molar-refractivity contribution < 1.29 is 14.6 Å². The third-order valence-corrected chi connectivity index (χ3v) is 3.25. The van der Waals surface area contributed by atoms with Crippen LogP contribution in [0.2, 0.25) is 0 Å². The Balaban J connectivity index is 2.09. The van der Waals surface area contributed by atoms with E-state index in [-0.39, 0.29) is 6.61 Å². The fourth-order valence-corrected chi connectivity index (χ4v) is 2.17. The summed E-state index contributed by atoms with van der Waals surface area (Å²) in [7, 11) is 1.66. The van der Waals surface area contributed by atoms with Gasteiger partial charge in [-0.3, -0.25) is 0 Å². The van der Waals surface area contributed by atoms with E-state index in [0.29, 0.717) is 12.6 Å². The minimum Gasteiger partial charge on any atom is -0.496 e. The van der Waals surface area contributed by atoms with Crippen molar-refractivity contribution in [3.8, 4) is 11.5 Å². The Morgan fingerprint density at radius 2 is 1.67 bits per heavy atom. The zero-order chi connectivity index (χ0) is 15.2. The van der Waals surface area contributed by atoms with Gasteiger partial charge in [-0.05, 0) is 12.1 Å². The van der Waals surface area contributed by atoms with Crippen LogP contribution >= 0.6 is 0 Å². The van der Waals surface area contributed by atoms with Crippen LogP contribution in [0.1, 0.15) is 13.8 Å². The van der Waals surface area contributed by atoms with E-state index in [0.717, 1.165) is 22.3 Å². The van der Waals surface area contributed by atoms with Crippen molar-refractivity contribution in [3.05, 3.63) is 36.4 Å². The fourth-order valence-electron chi connectivity index (χ4n) is 2.17. The van der Waals surface area contributed by atoms with E-state index >= 15 is 0 Å². The molecule has 114 valence electrons. The molecule has 0 bridgehead atoms. The molecule has 0 spiro atoms. The number of aliphatic hydroxyl groups is 1. The van der Waals surface area contributed by atoms with Gasteiger partial charge in [0.15, 0.2) is 0 Å². The van der Waals surface area contributed by atoms with Crippen LogP contribution in [-0.4, -0.2) is 37.5 Å². The first-order valence-corrected chi connectivity index (χ1v) is 7.21. The molecule has 2 aromatic rings. The second kappa shape index (κ2) is 7.29. The number of hydrogen-bond acceptors (Lipinski definition) is 4. The van der Waals surface area contributed by atoms with Crippen LogP contribution in [0.5, 0.6) is 11.5 Å². The highest BCUT2D eigenvalue weighted by molar-refractivity contribution is 5.93. The molecule has 2 aromatic carbocycles. The third kappa shape index (κ3) is 4.09. The van der Waals surface area contributed by atoms with Crippen molar-refractivity contribution in [2.24, 2.45) is 0 Å². The molecular formula is C17H23NO3. The van der Waals surface area contributed by atoms with E-state index < -0.39 is 6.10 Å². The molecule has 2 N–H and O–H groups in total. The Bertz CT molecular complexity index is 583. The van der Waals surface area contributed by atoms with E-state index in [1.54, 1.807) is 7.11 Å². The van der Waals surface area contributed by atoms with E-state index in [1.807, 2.05) is 50.2 Å². The van der Waals surface area contributed by atoms with Gasteiger partial charge in [-0.1, -0.05) is 38.1 Å². The number of aliphatic hydroxyl groups excluding tert-OH is 1. The first-order valence-electron chi connectivity index (χ1n) is 7.21. The van der Waals surface area contributed by atoms with Gasteiger partial charge in [0, 0.05) is 23.4 Å². The molecule has 4 nitrogen and oxygen atoms in total. The molecule has 0 radical (unpaired) electrons. The molecule has 0 aliphatic heterocycles. The average Bonchev–Trinajstić information content (AvgIpc) is 2.50. The average molecular weight is 289 g/mol. The van der Waals surface area contributed by atoms with E-state index in [4.69, 9.17) is 9.47 Å².